The fourth-order valence-corrected chi connectivity index (χ4v) is 1.99. The lowest BCUT2D eigenvalue weighted by atomic mass is 10.2. The van der Waals surface area contributed by atoms with Crippen LogP contribution in [0.25, 0.3) is 0 Å². The number of nitrogen functional groups attached to an aromatic ring is 1. The van der Waals surface area contributed by atoms with Gasteiger partial charge in [-0.05, 0) is 18.2 Å². The van der Waals surface area contributed by atoms with Gasteiger partial charge >= 0.3 is 0 Å². The van der Waals surface area contributed by atoms with Crippen molar-refractivity contribution in [1.82, 2.24) is 0 Å². The third-order valence-corrected chi connectivity index (χ3v) is 3.11. The van der Waals surface area contributed by atoms with Gasteiger partial charge in [0.15, 0.2) is 0 Å². The molecule has 0 unspecified atom stereocenters. The predicted octanol–water partition coefficient (Wildman–Crippen LogP) is 2.24. The van der Waals surface area contributed by atoms with Crippen LogP contribution in [0.5, 0.6) is 0 Å². The topological polar surface area (TPSA) is 64.3 Å². The second kappa shape index (κ2) is 7.42. The van der Waals surface area contributed by atoms with Crippen molar-refractivity contribution in [2.45, 2.75) is 0 Å². The summed E-state index contributed by atoms with van der Waals surface area (Å²) in [6, 6.07) is 4.98. The first-order valence-electron chi connectivity index (χ1n) is 5.05. The van der Waals surface area contributed by atoms with Crippen molar-refractivity contribution in [3.05, 3.63) is 23.2 Å². The first kappa shape index (κ1) is 14.2. The largest absolute Gasteiger partial charge is 0.397 e. The van der Waals surface area contributed by atoms with Gasteiger partial charge in [-0.1, -0.05) is 11.6 Å². The average molecular weight is 275 g/mol. The van der Waals surface area contributed by atoms with Gasteiger partial charge in [0, 0.05) is 17.9 Å². The summed E-state index contributed by atoms with van der Waals surface area (Å²) in [6.07, 6.45) is 0. The molecule has 0 radical (unpaired) electrons. The van der Waals surface area contributed by atoms with Crippen LogP contribution in [0.1, 0.15) is 0 Å². The maximum atomic E-state index is 11.6. The molecule has 0 saturated heterocycles. The quantitative estimate of drug-likeness (QED) is 0.617. The lowest BCUT2D eigenvalue weighted by Gasteiger charge is -2.08. The molecule has 0 spiro atoms. The van der Waals surface area contributed by atoms with Crippen LogP contribution in [-0.4, -0.2) is 31.1 Å². The first-order chi connectivity index (χ1) is 8.13. The number of anilines is 2. The highest BCUT2D eigenvalue weighted by Gasteiger charge is 2.05. The van der Waals surface area contributed by atoms with Crippen molar-refractivity contribution in [2.75, 3.05) is 36.3 Å². The van der Waals surface area contributed by atoms with Gasteiger partial charge in [-0.2, -0.15) is 0 Å². The summed E-state index contributed by atoms with van der Waals surface area (Å²) in [7, 11) is 1.63. The summed E-state index contributed by atoms with van der Waals surface area (Å²) in [4.78, 5) is 11.6. The third-order valence-electron chi connectivity index (χ3n) is 1.95. The van der Waals surface area contributed by atoms with Crippen molar-refractivity contribution in [1.29, 1.82) is 0 Å². The van der Waals surface area contributed by atoms with Crippen LogP contribution in [-0.2, 0) is 9.53 Å². The predicted molar refractivity (Wildman–Crippen MR) is 73.7 cm³/mol. The van der Waals surface area contributed by atoms with Crippen LogP contribution in [0.2, 0.25) is 5.02 Å². The van der Waals surface area contributed by atoms with E-state index in [2.05, 4.69) is 5.32 Å². The Balaban J connectivity index is 2.42. The summed E-state index contributed by atoms with van der Waals surface area (Å²) in [5.74, 6) is 1.06. The molecule has 0 fully saturated rings. The van der Waals surface area contributed by atoms with Crippen LogP contribution in [0, 0.1) is 0 Å². The van der Waals surface area contributed by atoms with E-state index in [4.69, 9.17) is 22.1 Å². The Hall–Kier alpha value is -0.910. The third kappa shape index (κ3) is 5.30. The van der Waals surface area contributed by atoms with E-state index in [-0.39, 0.29) is 5.91 Å². The molecular weight excluding hydrogens is 260 g/mol. The monoisotopic (exact) mass is 274 g/mol. The van der Waals surface area contributed by atoms with Gasteiger partial charge in [0.2, 0.25) is 5.91 Å². The van der Waals surface area contributed by atoms with Gasteiger partial charge < -0.3 is 15.8 Å². The molecular formula is C11H15ClN2O2S. The smallest absolute Gasteiger partial charge is 0.234 e. The summed E-state index contributed by atoms with van der Waals surface area (Å²) in [6.45, 7) is 0.636. The number of rotatable bonds is 6. The molecule has 3 N–H and O–H groups in total. The maximum absolute atomic E-state index is 11.6. The molecule has 4 nitrogen and oxygen atoms in total. The number of thioether (sulfide) groups is 1. The number of hydrogen-bond acceptors (Lipinski definition) is 4. The highest BCUT2D eigenvalue weighted by atomic mass is 35.5. The molecule has 1 rings (SSSR count). The Bertz CT molecular complexity index is 388. The van der Waals surface area contributed by atoms with E-state index in [1.165, 1.54) is 11.8 Å². The van der Waals surface area contributed by atoms with E-state index in [0.29, 0.717) is 28.8 Å². The van der Waals surface area contributed by atoms with E-state index in [9.17, 15) is 4.79 Å². The number of benzene rings is 1. The van der Waals surface area contributed by atoms with E-state index in [1.54, 1.807) is 25.3 Å². The Labute approximate surface area is 110 Å². The van der Waals surface area contributed by atoms with Crippen LogP contribution >= 0.6 is 23.4 Å². The zero-order valence-corrected chi connectivity index (χ0v) is 11.1. The number of hydrogen-bond donors (Lipinski definition) is 2. The number of ether oxygens (including phenoxy) is 1. The molecule has 1 aromatic rings. The fraction of sp³-hybridized carbons (Fsp3) is 0.364. The van der Waals surface area contributed by atoms with E-state index < -0.39 is 0 Å². The average Bonchev–Trinajstić information content (AvgIpc) is 2.29. The van der Waals surface area contributed by atoms with Crippen molar-refractivity contribution in [3.63, 3.8) is 0 Å². The molecule has 0 atom stereocenters. The molecule has 1 amide bonds. The molecule has 0 bridgehead atoms. The number of nitrogens with one attached hydrogen (secondary N) is 1. The number of halogens is 1. The first-order valence-corrected chi connectivity index (χ1v) is 6.58. The SMILES string of the molecule is COCCSCC(=O)Nc1cc(Cl)ccc1N. The molecule has 0 heterocycles. The number of amides is 1. The minimum Gasteiger partial charge on any atom is -0.397 e. The Morgan fingerprint density at radius 1 is 1.59 bits per heavy atom. The highest BCUT2D eigenvalue weighted by molar-refractivity contribution is 7.99. The van der Waals surface area contributed by atoms with Crippen molar-refractivity contribution >= 4 is 40.6 Å². The summed E-state index contributed by atoms with van der Waals surface area (Å²) in [5, 5.41) is 3.26. The van der Waals surface area contributed by atoms with E-state index in [0.717, 1.165) is 5.75 Å². The molecule has 17 heavy (non-hydrogen) atoms. The second-order valence-corrected chi connectivity index (χ2v) is 4.87. The number of carbonyl (C=O) groups is 1. The molecule has 0 aliphatic rings. The summed E-state index contributed by atoms with van der Waals surface area (Å²) < 4.78 is 4.89. The maximum Gasteiger partial charge on any atom is 0.234 e. The highest BCUT2D eigenvalue weighted by Crippen LogP contribution is 2.22. The molecule has 0 saturated carbocycles. The molecule has 94 valence electrons. The van der Waals surface area contributed by atoms with E-state index >= 15 is 0 Å². The minimum atomic E-state index is -0.0972. The number of methoxy groups -OCH3 is 1. The zero-order valence-electron chi connectivity index (χ0n) is 9.53. The van der Waals surface area contributed by atoms with Crippen LogP contribution in [0.15, 0.2) is 18.2 Å². The summed E-state index contributed by atoms with van der Waals surface area (Å²) >= 11 is 7.32. The van der Waals surface area contributed by atoms with Crippen molar-refractivity contribution in [2.24, 2.45) is 0 Å². The van der Waals surface area contributed by atoms with Crippen LogP contribution in [0.4, 0.5) is 11.4 Å². The van der Waals surface area contributed by atoms with Gasteiger partial charge in [-0.25, -0.2) is 0 Å². The molecule has 6 heteroatoms. The lowest BCUT2D eigenvalue weighted by Crippen LogP contribution is -2.15. The fourth-order valence-electron chi connectivity index (χ4n) is 1.13. The molecule has 1 aromatic carbocycles. The van der Waals surface area contributed by atoms with Crippen molar-refractivity contribution < 1.29 is 9.53 Å². The summed E-state index contributed by atoms with van der Waals surface area (Å²) in [5.41, 5.74) is 6.77. The zero-order chi connectivity index (χ0) is 12.7. The second-order valence-electron chi connectivity index (χ2n) is 3.33. The van der Waals surface area contributed by atoms with E-state index in [1.807, 2.05) is 0 Å². The lowest BCUT2D eigenvalue weighted by molar-refractivity contribution is -0.113. The molecule has 0 aliphatic heterocycles. The van der Waals surface area contributed by atoms with Gasteiger partial charge in [0.1, 0.15) is 0 Å². The van der Waals surface area contributed by atoms with Crippen LogP contribution < -0.4 is 11.1 Å². The van der Waals surface area contributed by atoms with Gasteiger partial charge in [0.05, 0.1) is 23.7 Å². The molecule has 0 aliphatic carbocycles. The standard InChI is InChI=1S/C11H15ClN2O2S/c1-16-4-5-17-7-11(15)14-10-6-8(12)2-3-9(10)13/h2-3,6H,4-5,7,13H2,1H3,(H,14,15). The van der Waals surface area contributed by atoms with Crippen molar-refractivity contribution in [3.8, 4) is 0 Å². The van der Waals surface area contributed by atoms with Crippen LogP contribution in [0.3, 0.4) is 0 Å². The molecule has 0 aromatic heterocycles. The minimum absolute atomic E-state index is 0.0972. The van der Waals surface area contributed by atoms with Gasteiger partial charge in [-0.3, -0.25) is 4.79 Å². The number of carbonyl (C=O) groups excluding carboxylic acids is 1. The Morgan fingerprint density at radius 3 is 3.06 bits per heavy atom. The Morgan fingerprint density at radius 2 is 2.35 bits per heavy atom. The Kier molecular flexibility index (Phi) is 6.18. The normalized spacial score (nSPS) is 10.2. The van der Waals surface area contributed by atoms with Gasteiger partial charge in [0.25, 0.3) is 0 Å². The number of nitrogens with two attached hydrogens (primary N) is 1. The van der Waals surface area contributed by atoms with Gasteiger partial charge in [-0.15, -0.1) is 11.8 Å².